The first-order valence-electron chi connectivity index (χ1n) is 9.97. The molecule has 0 spiro atoms. The Morgan fingerprint density at radius 1 is 0.733 bits per heavy atom. The van der Waals surface area contributed by atoms with E-state index in [-0.39, 0.29) is 0 Å². The van der Waals surface area contributed by atoms with Crippen LogP contribution in [0.25, 0.3) is 21.5 Å². The molecule has 0 saturated carbocycles. The van der Waals surface area contributed by atoms with Crippen molar-refractivity contribution in [1.29, 1.82) is 0 Å². The van der Waals surface area contributed by atoms with Gasteiger partial charge in [0.25, 0.3) is 0 Å². The number of hydrogen-bond acceptors (Lipinski definition) is 8. The summed E-state index contributed by atoms with van der Waals surface area (Å²) in [5.74, 6) is 1.42. The summed E-state index contributed by atoms with van der Waals surface area (Å²) in [5, 5.41) is 19.6. The molecule has 2 heterocycles. The molecule has 8 heteroatoms. The Hall–Kier alpha value is -3.94. The fourth-order valence-electron chi connectivity index (χ4n) is 3.57. The van der Waals surface area contributed by atoms with E-state index in [0.29, 0.717) is 11.9 Å². The van der Waals surface area contributed by atoms with Gasteiger partial charge >= 0.3 is 0 Å². The Kier molecular flexibility index (Phi) is 4.95. The molecule has 0 aliphatic carbocycles. The topological polar surface area (TPSA) is 97.6 Å². The van der Waals surface area contributed by atoms with E-state index in [9.17, 15) is 0 Å². The third kappa shape index (κ3) is 3.80. The lowest BCUT2D eigenvalue weighted by Crippen LogP contribution is -2.30. The van der Waals surface area contributed by atoms with Crippen molar-refractivity contribution in [1.82, 2.24) is 21.5 Å². The minimum Gasteiger partial charge on any atom is -0.353 e. The zero-order valence-electron chi connectivity index (χ0n) is 16.4. The molecule has 150 valence electrons. The molecule has 0 bridgehead atoms. The van der Waals surface area contributed by atoms with Crippen molar-refractivity contribution in [3.8, 4) is 0 Å². The van der Waals surface area contributed by atoms with Crippen LogP contribution in [0.5, 0.6) is 0 Å². The lowest BCUT2D eigenvalue weighted by molar-refractivity contribution is 0.919. The van der Waals surface area contributed by atoms with Crippen molar-refractivity contribution in [3.63, 3.8) is 0 Å². The molecule has 0 unspecified atom stereocenters. The molecule has 4 N–H and O–H groups in total. The number of aliphatic imine (C=N–C) groups is 2. The molecule has 30 heavy (non-hydrogen) atoms. The summed E-state index contributed by atoms with van der Waals surface area (Å²) in [4.78, 5) is 8.58. The van der Waals surface area contributed by atoms with Gasteiger partial charge in [0, 0.05) is 24.2 Å². The lowest BCUT2D eigenvalue weighted by Gasteiger charge is -2.09. The first-order valence-corrected chi connectivity index (χ1v) is 9.97. The fourth-order valence-corrected chi connectivity index (χ4v) is 3.57. The molecule has 8 nitrogen and oxygen atoms in total. The molecular formula is C22H22N8. The summed E-state index contributed by atoms with van der Waals surface area (Å²) < 4.78 is 0. The SMILES string of the molecule is C(=NNC1=NCCN1)c1ccc(/C=N/NC2=NCCN2)c2cc3ccccc3cc12. The molecule has 0 fully saturated rings. The highest BCUT2D eigenvalue weighted by Gasteiger charge is 2.08. The average Bonchev–Trinajstić information content (AvgIpc) is 3.48. The number of hydrogen-bond donors (Lipinski definition) is 4. The Labute approximate surface area is 173 Å². The van der Waals surface area contributed by atoms with E-state index in [1.54, 1.807) is 0 Å². The van der Waals surface area contributed by atoms with Gasteiger partial charge in [-0.3, -0.25) is 0 Å². The van der Waals surface area contributed by atoms with Crippen molar-refractivity contribution >= 4 is 45.9 Å². The molecule has 0 radical (unpaired) electrons. The van der Waals surface area contributed by atoms with Crippen molar-refractivity contribution < 1.29 is 0 Å². The highest BCUT2D eigenvalue weighted by molar-refractivity contribution is 6.11. The van der Waals surface area contributed by atoms with Gasteiger partial charge in [0.2, 0.25) is 11.9 Å². The highest BCUT2D eigenvalue weighted by Crippen LogP contribution is 2.27. The predicted molar refractivity (Wildman–Crippen MR) is 124 cm³/mol. The molecule has 0 atom stereocenters. The third-order valence-corrected chi connectivity index (χ3v) is 5.05. The van der Waals surface area contributed by atoms with E-state index in [4.69, 9.17) is 0 Å². The number of nitrogens with one attached hydrogen (secondary N) is 4. The molecule has 3 aromatic rings. The van der Waals surface area contributed by atoms with Gasteiger partial charge in [-0.2, -0.15) is 10.2 Å². The Bertz CT molecular complexity index is 1110. The van der Waals surface area contributed by atoms with Crippen LogP contribution < -0.4 is 21.5 Å². The standard InChI is InChI=1S/C22H22N8/c1-2-4-16-12-20-18(14-28-30-22-25-9-10-26-22)6-5-17(19(20)11-15(16)3-1)13-27-29-21-23-7-8-24-21/h1-6,11-14H,7-10H2,(H2,23,24,29)(H2,25,26,30)/b27-13+,28-14?. The molecule has 2 aliphatic heterocycles. The molecule has 5 rings (SSSR count). The summed E-state index contributed by atoms with van der Waals surface area (Å²) >= 11 is 0. The number of benzene rings is 3. The van der Waals surface area contributed by atoms with Crippen LogP contribution in [-0.2, 0) is 0 Å². The Morgan fingerprint density at radius 3 is 1.67 bits per heavy atom. The summed E-state index contributed by atoms with van der Waals surface area (Å²) in [6, 6.07) is 16.9. The van der Waals surface area contributed by atoms with E-state index >= 15 is 0 Å². The quantitative estimate of drug-likeness (QED) is 0.306. The molecule has 0 aromatic heterocycles. The second-order valence-electron chi connectivity index (χ2n) is 7.04. The number of rotatable bonds is 4. The normalized spacial score (nSPS) is 16.1. The maximum Gasteiger partial charge on any atom is 0.212 e. The summed E-state index contributed by atoms with van der Waals surface area (Å²) in [6.07, 6.45) is 3.66. The van der Waals surface area contributed by atoms with Crippen molar-refractivity contribution in [2.24, 2.45) is 20.2 Å². The molecular weight excluding hydrogens is 376 g/mol. The molecule has 2 aliphatic rings. The lowest BCUT2D eigenvalue weighted by atomic mass is 9.96. The summed E-state index contributed by atoms with van der Waals surface area (Å²) in [5.41, 5.74) is 7.97. The zero-order chi connectivity index (χ0) is 20.2. The monoisotopic (exact) mass is 398 g/mol. The Balaban J connectivity index is 1.51. The number of hydrazone groups is 2. The maximum atomic E-state index is 4.36. The van der Waals surface area contributed by atoms with Crippen molar-refractivity contribution in [2.45, 2.75) is 0 Å². The fraction of sp³-hybridized carbons (Fsp3) is 0.182. The van der Waals surface area contributed by atoms with Crippen LogP contribution in [0, 0.1) is 0 Å². The van der Waals surface area contributed by atoms with Gasteiger partial charge in [0.05, 0.1) is 25.5 Å². The number of fused-ring (bicyclic) bond motifs is 2. The van der Waals surface area contributed by atoms with E-state index in [1.807, 2.05) is 12.4 Å². The van der Waals surface area contributed by atoms with Gasteiger partial charge < -0.3 is 10.6 Å². The molecule has 0 saturated heterocycles. The highest BCUT2D eigenvalue weighted by atomic mass is 15.4. The third-order valence-electron chi connectivity index (χ3n) is 5.05. The van der Waals surface area contributed by atoms with Gasteiger partial charge in [0.1, 0.15) is 0 Å². The second-order valence-corrected chi connectivity index (χ2v) is 7.04. The van der Waals surface area contributed by atoms with E-state index in [1.165, 1.54) is 10.8 Å². The van der Waals surface area contributed by atoms with Crippen LogP contribution >= 0.6 is 0 Å². The van der Waals surface area contributed by atoms with Gasteiger partial charge in [-0.05, 0) is 33.7 Å². The second kappa shape index (κ2) is 8.20. The first kappa shape index (κ1) is 18.1. The number of nitrogens with zero attached hydrogens (tertiary/aromatic N) is 4. The first-order chi connectivity index (χ1) is 14.9. The minimum atomic E-state index is 0.708. The van der Waals surface area contributed by atoms with Crippen LogP contribution in [0.15, 0.2) is 68.7 Å². The minimum absolute atomic E-state index is 0.708. The predicted octanol–water partition coefficient (Wildman–Crippen LogP) is 1.76. The molecule has 3 aromatic carbocycles. The van der Waals surface area contributed by atoms with Gasteiger partial charge in [-0.1, -0.05) is 36.4 Å². The van der Waals surface area contributed by atoms with Crippen molar-refractivity contribution in [2.75, 3.05) is 26.2 Å². The van der Waals surface area contributed by atoms with Gasteiger partial charge in [-0.25, -0.2) is 20.8 Å². The van der Waals surface area contributed by atoms with Crippen LogP contribution in [0.3, 0.4) is 0 Å². The Morgan fingerprint density at radius 2 is 1.23 bits per heavy atom. The van der Waals surface area contributed by atoms with Crippen molar-refractivity contribution in [3.05, 3.63) is 59.7 Å². The van der Waals surface area contributed by atoms with Gasteiger partial charge in [0.15, 0.2) is 0 Å². The van der Waals surface area contributed by atoms with E-state index < -0.39 is 0 Å². The van der Waals surface area contributed by atoms with E-state index in [0.717, 1.165) is 48.1 Å². The largest absolute Gasteiger partial charge is 0.353 e. The zero-order valence-corrected chi connectivity index (χ0v) is 16.4. The van der Waals surface area contributed by atoms with Crippen LogP contribution in [0.4, 0.5) is 0 Å². The average molecular weight is 398 g/mol. The van der Waals surface area contributed by atoms with Crippen LogP contribution in [0.2, 0.25) is 0 Å². The summed E-state index contributed by atoms with van der Waals surface area (Å²) in [6.45, 7) is 3.24. The van der Waals surface area contributed by atoms with Crippen LogP contribution in [-0.4, -0.2) is 50.5 Å². The maximum absolute atomic E-state index is 4.36. The van der Waals surface area contributed by atoms with E-state index in [2.05, 4.69) is 90.2 Å². The molecule has 0 amide bonds. The van der Waals surface area contributed by atoms with Crippen LogP contribution in [0.1, 0.15) is 11.1 Å². The smallest absolute Gasteiger partial charge is 0.212 e. The number of guanidine groups is 2. The van der Waals surface area contributed by atoms with Gasteiger partial charge in [-0.15, -0.1) is 0 Å². The summed E-state index contributed by atoms with van der Waals surface area (Å²) in [7, 11) is 0.